The lowest BCUT2D eigenvalue weighted by Gasteiger charge is -2.23. The Bertz CT molecular complexity index is 956. The number of benzene rings is 1. The molecule has 1 unspecified atom stereocenters. The van der Waals surface area contributed by atoms with Gasteiger partial charge in [-0.25, -0.2) is 4.39 Å². The number of ether oxygens (including phenoxy) is 1. The molecular weight excluding hydrogens is 335 g/mol. The van der Waals surface area contributed by atoms with E-state index in [1.165, 1.54) is 13.2 Å². The predicted octanol–water partition coefficient (Wildman–Crippen LogP) is 2.78. The van der Waals surface area contributed by atoms with Crippen molar-refractivity contribution in [2.24, 2.45) is 0 Å². The Balaban J connectivity index is 1.56. The summed E-state index contributed by atoms with van der Waals surface area (Å²) in [5.41, 5.74) is 1.39. The maximum Gasteiger partial charge on any atom is 0.227 e. The molecule has 4 rings (SSSR count). The number of rotatable bonds is 4. The van der Waals surface area contributed by atoms with E-state index in [1.54, 1.807) is 12.1 Å². The van der Waals surface area contributed by atoms with Gasteiger partial charge in [0, 0.05) is 12.7 Å². The number of hydrogen-bond donors (Lipinski definition) is 0. The van der Waals surface area contributed by atoms with Crippen molar-refractivity contribution in [3.63, 3.8) is 0 Å². The number of likely N-dealkylation sites (tertiary alicyclic amines) is 1. The van der Waals surface area contributed by atoms with Gasteiger partial charge in [-0.3, -0.25) is 9.20 Å². The molecule has 0 aliphatic carbocycles. The molecule has 1 amide bonds. The molecule has 2 aromatic heterocycles. The van der Waals surface area contributed by atoms with E-state index in [2.05, 4.69) is 10.2 Å². The van der Waals surface area contributed by atoms with Crippen LogP contribution in [0.15, 0.2) is 42.6 Å². The van der Waals surface area contributed by atoms with Gasteiger partial charge >= 0.3 is 0 Å². The topological polar surface area (TPSA) is 59.7 Å². The molecule has 26 heavy (non-hydrogen) atoms. The normalized spacial score (nSPS) is 17.0. The number of fused-ring (bicyclic) bond motifs is 1. The standard InChI is InChI=1S/C19H19FN4O2/c1-26-16-8-7-13(11-14(16)20)12-18(25)23-10-4-5-15(23)19-22-21-17-6-2-3-9-24(17)19/h2-3,6-9,11,15H,4-5,10,12H2,1H3. The number of halogens is 1. The number of carbonyl (C=O) groups is 1. The largest absolute Gasteiger partial charge is 0.494 e. The average molecular weight is 354 g/mol. The lowest BCUT2D eigenvalue weighted by Crippen LogP contribution is -2.32. The Morgan fingerprint density at radius 1 is 1.31 bits per heavy atom. The summed E-state index contributed by atoms with van der Waals surface area (Å²) in [7, 11) is 1.42. The van der Waals surface area contributed by atoms with Gasteiger partial charge in [-0.15, -0.1) is 10.2 Å². The zero-order valence-corrected chi connectivity index (χ0v) is 14.4. The third-order valence-corrected chi connectivity index (χ3v) is 4.78. The molecule has 3 aromatic rings. The molecule has 0 saturated carbocycles. The van der Waals surface area contributed by atoms with Crippen molar-refractivity contribution in [2.45, 2.75) is 25.3 Å². The van der Waals surface area contributed by atoms with Gasteiger partial charge in [0.05, 0.1) is 19.6 Å². The maximum absolute atomic E-state index is 13.9. The van der Waals surface area contributed by atoms with Crippen LogP contribution in [-0.4, -0.2) is 39.1 Å². The Labute approximate surface area is 150 Å². The van der Waals surface area contributed by atoms with Crippen LogP contribution >= 0.6 is 0 Å². The number of methoxy groups -OCH3 is 1. The lowest BCUT2D eigenvalue weighted by atomic mass is 10.1. The summed E-state index contributed by atoms with van der Waals surface area (Å²) in [4.78, 5) is 14.7. The Morgan fingerprint density at radius 3 is 3.00 bits per heavy atom. The summed E-state index contributed by atoms with van der Waals surface area (Å²) in [6, 6.07) is 10.2. The summed E-state index contributed by atoms with van der Waals surface area (Å²) in [6.07, 6.45) is 3.81. The molecular formula is C19H19FN4O2. The minimum Gasteiger partial charge on any atom is -0.494 e. The molecule has 0 bridgehead atoms. The third-order valence-electron chi connectivity index (χ3n) is 4.78. The van der Waals surface area contributed by atoms with Gasteiger partial charge in [-0.05, 0) is 42.7 Å². The van der Waals surface area contributed by atoms with Gasteiger partial charge in [0.15, 0.2) is 23.0 Å². The lowest BCUT2D eigenvalue weighted by molar-refractivity contribution is -0.131. The maximum atomic E-state index is 13.9. The van der Waals surface area contributed by atoms with Gasteiger partial charge in [0.1, 0.15) is 0 Å². The van der Waals surface area contributed by atoms with Crippen molar-refractivity contribution in [2.75, 3.05) is 13.7 Å². The van der Waals surface area contributed by atoms with Crippen LogP contribution in [0.4, 0.5) is 4.39 Å². The first-order valence-electron chi connectivity index (χ1n) is 8.59. The van der Waals surface area contributed by atoms with Gasteiger partial charge in [0.2, 0.25) is 5.91 Å². The Hall–Kier alpha value is -2.96. The number of carbonyl (C=O) groups excluding carboxylic acids is 1. The van der Waals surface area contributed by atoms with E-state index >= 15 is 0 Å². The minimum absolute atomic E-state index is 0.0373. The molecule has 1 saturated heterocycles. The molecule has 1 fully saturated rings. The second-order valence-electron chi connectivity index (χ2n) is 6.38. The molecule has 0 spiro atoms. The van der Waals surface area contributed by atoms with E-state index in [1.807, 2.05) is 33.7 Å². The van der Waals surface area contributed by atoms with Crippen LogP contribution < -0.4 is 4.74 Å². The zero-order chi connectivity index (χ0) is 18.1. The zero-order valence-electron chi connectivity index (χ0n) is 14.4. The fourth-order valence-corrected chi connectivity index (χ4v) is 3.52. The molecule has 1 atom stereocenters. The monoisotopic (exact) mass is 354 g/mol. The highest BCUT2D eigenvalue weighted by molar-refractivity contribution is 5.79. The molecule has 6 nitrogen and oxygen atoms in total. The van der Waals surface area contributed by atoms with Crippen LogP contribution in [-0.2, 0) is 11.2 Å². The number of nitrogens with zero attached hydrogens (tertiary/aromatic N) is 4. The molecule has 1 aliphatic rings. The molecule has 3 heterocycles. The Morgan fingerprint density at radius 2 is 2.19 bits per heavy atom. The first-order chi connectivity index (χ1) is 12.7. The van der Waals surface area contributed by atoms with Crippen LogP contribution in [0.1, 0.15) is 30.3 Å². The summed E-state index contributed by atoms with van der Waals surface area (Å²) in [5, 5.41) is 8.48. The first-order valence-corrected chi connectivity index (χ1v) is 8.59. The van der Waals surface area contributed by atoms with Crippen LogP contribution in [0, 0.1) is 5.82 Å². The van der Waals surface area contributed by atoms with Crippen LogP contribution in [0.2, 0.25) is 0 Å². The van der Waals surface area contributed by atoms with Gasteiger partial charge < -0.3 is 9.64 Å². The SMILES string of the molecule is COc1ccc(CC(=O)N2CCCC2c2nnc3ccccn23)cc1F. The number of hydrogen-bond acceptors (Lipinski definition) is 4. The molecule has 1 aliphatic heterocycles. The fourth-order valence-electron chi connectivity index (χ4n) is 3.52. The van der Waals surface area contributed by atoms with Gasteiger partial charge in [-0.1, -0.05) is 12.1 Å². The van der Waals surface area contributed by atoms with Crippen LogP contribution in [0.25, 0.3) is 5.65 Å². The van der Waals surface area contributed by atoms with Gasteiger partial charge in [0.25, 0.3) is 0 Å². The molecule has 134 valence electrons. The smallest absolute Gasteiger partial charge is 0.227 e. The highest BCUT2D eigenvalue weighted by Gasteiger charge is 2.33. The summed E-state index contributed by atoms with van der Waals surface area (Å²) < 4.78 is 20.7. The second-order valence-corrected chi connectivity index (χ2v) is 6.38. The summed E-state index contributed by atoms with van der Waals surface area (Å²) in [6.45, 7) is 0.671. The van der Waals surface area contributed by atoms with E-state index in [4.69, 9.17) is 4.74 Å². The quantitative estimate of drug-likeness (QED) is 0.723. The highest BCUT2D eigenvalue weighted by Crippen LogP contribution is 2.31. The number of aromatic nitrogens is 3. The van der Waals surface area contributed by atoms with Crippen LogP contribution in [0.3, 0.4) is 0 Å². The fraction of sp³-hybridized carbons (Fsp3) is 0.316. The van der Waals surface area contributed by atoms with E-state index in [-0.39, 0.29) is 24.1 Å². The van der Waals surface area contributed by atoms with Crippen molar-refractivity contribution in [1.29, 1.82) is 0 Å². The molecule has 1 aromatic carbocycles. The van der Waals surface area contributed by atoms with Crippen molar-refractivity contribution in [3.05, 3.63) is 59.8 Å². The minimum atomic E-state index is -0.459. The molecule has 0 radical (unpaired) electrons. The van der Waals surface area contributed by atoms with Crippen molar-refractivity contribution >= 4 is 11.6 Å². The van der Waals surface area contributed by atoms with Crippen LogP contribution in [0.5, 0.6) is 5.75 Å². The average Bonchev–Trinajstić information content (AvgIpc) is 3.28. The predicted molar refractivity (Wildman–Crippen MR) is 93.3 cm³/mol. The second kappa shape index (κ2) is 6.74. The van der Waals surface area contributed by atoms with Gasteiger partial charge in [-0.2, -0.15) is 0 Å². The summed E-state index contributed by atoms with van der Waals surface area (Å²) in [5.74, 6) is 0.450. The van der Waals surface area contributed by atoms with E-state index < -0.39 is 5.82 Å². The van der Waals surface area contributed by atoms with E-state index in [9.17, 15) is 9.18 Å². The third kappa shape index (κ3) is 2.89. The van der Waals surface area contributed by atoms with Crippen molar-refractivity contribution in [1.82, 2.24) is 19.5 Å². The first kappa shape index (κ1) is 16.5. The molecule has 7 heteroatoms. The highest BCUT2D eigenvalue weighted by atomic mass is 19.1. The van der Waals surface area contributed by atoms with Crippen molar-refractivity contribution in [3.8, 4) is 5.75 Å². The molecule has 0 N–H and O–H groups in total. The van der Waals surface area contributed by atoms with Crippen molar-refractivity contribution < 1.29 is 13.9 Å². The van der Waals surface area contributed by atoms with E-state index in [0.29, 0.717) is 12.1 Å². The number of pyridine rings is 1. The van der Waals surface area contributed by atoms with E-state index in [0.717, 1.165) is 24.3 Å². The Kier molecular flexibility index (Phi) is 4.28. The number of amides is 1. The summed E-state index contributed by atoms with van der Waals surface area (Å²) >= 11 is 0.